The van der Waals surface area contributed by atoms with Crippen molar-refractivity contribution in [3.8, 4) is 0 Å². The lowest BCUT2D eigenvalue weighted by Crippen LogP contribution is -2.41. The zero-order valence-corrected chi connectivity index (χ0v) is 19.1. The molecule has 166 valence electrons. The van der Waals surface area contributed by atoms with Crippen LogP contribution in [0.1, 0.15) is 112 Å². The molecular weight excluding hydrogens is 352 g/mol. The molecule has 0 aliphatic rings. The molecule has 0 heterocycles. The Bertz CT molecular complexity index is 390. The number of unbranched alkanes of at least 4 members (excludes halogenated alkanes) is 10. The largest absolute Gasteiger partial charge is 0.479 e. The molecule has 0 fully saturated rings. The first-order valence-electron chi connectivity index (χ1n) is 11.6. The number of carboxylic acid groups (broad SMARTS) is 1. The summed E-state index contributed by atoms with van der Waals surface area (Å²) >= 11 is 0. The Morgan fingerprint density at radius 2 is 1.29 bits per heavy atom. The molecule has 2 unspecified atom stereocenters. The third kappa shape index (κ3) is 16.1. The highest BCUT2D eigenvalue weighted by Crippen LogP contribution is 2.16. The van der Waals surface area contributed by atoms with Crippen LogP contribution in [0.25, 0.3) is 0 Å². The lowest BCUT2D eigenvalue weighted by molar-refractivity contribution is -0.169. The van der Waals surface area contributed by atoms with Crippen molar-refractivity contribution in [1.29, 1.82) is 0 Å². The summed E-state index contributed by atoms with van der Waals surface area (Å²) in [7, 11) is 0. The molecule has 0 aromatic heterocycles. The molecule has 0 amide bonds. The highest BCUT2D eigenvalue weighted by atomic mass is 16.6. The number of carboxylic acids is 1. The summed E-state index contributed by atoms with van der Waals surface area (Å²) in [5.74, 6) is -0.956. The van der Waals surface area contributed by atoms with Gasteiger partial charge in [0, 0.05) is 0 Å². The third-order valence-electron chi connectivity index (χ3n) is 4.71. The van der Waals surface area contributed by atoms with Crippen LogP contribution in [0, 0.1) is 0 Å². The molecule has 0 aliphatic carbocycles. The average molecular weight is 399 g/mol. The van der Waals surface area contributed by atoms with Gasteiger partial charge in [-0.3, -0.25) is 0 Å². The monoisotopic (exact) mass is 398 g/mol. The van der Waals surface area contributed by atoms with Gasteiger partial charge < -0.3 is 14.6 Å². The topological polar surface area (TPSA) is 55.8 Å². The first kappa shape index (κ1) is 27.1. The van der Waals surface area contributed by atoms with E-state index in [0.717, 1.165) is 6.42 Å². The van der Waals surface area contributed by atoms with Gasteiger partial charge in [0.15, 0.2) is 6.10 Å². The Balaban J connectivity index is 4.01. The standard InChI is InChI=1S/C24H46O4/c1-6-7-8-9-10-11-12-13-14-15-16-17-18-19-22(27-20(2)3)23(24(25)26)28-21(4)5/h17-18,20-23H,6-16,19H2,1-5H3,(H,25,26). The van der Waals surface area contributed by atoms with Crippen molar-refractivity contribution >= 4 is 5.97 Å². The zero-order valence-electron chi connectivity index (χ0n) is 19.1. The van der Waals surface area contributed by atoms with Crippen molar-refractivity contribution in [2.45, 2.75) is 136 Å². The maximum absolute atomic E-state index is 11.6. The number of rotatable bonds is 19. The van der Waals surface area contributed by atoms with Gasteiger partial charge in [-0.25, -0.2) is 4.79 Å². The molecule has 0 bridgehead atoms. The second-order valence-electron chi connectivity index (χ2n) is 8.34. The molecule has 0 radical (unpaired) electrons. The van der Waals surface area contributed by atoms with Gasteiger partial charge in [0.05, 0.1) is 18.3 Å². The fraction of sp³-hybridized carbons (Fsp3) is 0.875. The Morgan fingerprint density at radius 3 is 1.75 bits per heavy atom. The highest BCUT2D eigenvalue weighted by Gasteiger charge is 2.30. The van der Waals surface area contributed by atoms with Crippen LogP contribution in [0.5, 0.6) is 0 Å². The average Bonchev–Trinajstić information content (AvgIpc) is 2.62. The third-order valence-corrected chi connectivity index (χ3v) is 4.71. The van der Waals surface area contributed by atoms with Crippen molar-refractivity contribution in [1.82, 2.24) is 0 Å². The van der Waals surface area contributed by atoms with Gasteiger partial charge in [-0.1, -0.05) is 76.9 Å². The second kappa shape index (κ2) is 18.2. The first-order chi connectivity index (χ1) is 13.4. The lowest BCUT2D eigenvalue weighted by Gasteiger charge is -2.27. The van der Waals surface area contributed by atoms with Gasteiger partial charge in [0.2, 0.25) is 0 Å². The predicted octanol–water partition coefficient (Wildman–Crippen LogP) is 6.92. The van der Waals surface area contributed by atoms with Crippen molar-refractivity contribution in [2.24, 2.45) is 0 Å². The summed E-state index contributed by atoms with van der Waals surface area (Å²) in [5.41, 5.74) is 0. The summed E-state index contributed by atoms with van der Waals surface area (Å²) in [5, 5.41) is 9.48. The Kier molecular flexibility index (Phi) is 17.6. The summed E-state index contributed by atoms with van der Waals surface area (Å²) in [4.78, 5) is 11.6. The molecule has 0 aromatic rings. The molecule has 0 aliphatic heterocycles. The predicted molar refractivity (Wildman–Crippen MR) is 118 cm³/mol. The van der Waals surface area contributed by atoms with Crippen LogP contribution < -0.4 is 0 Å². The van der Waals surface area contributed by atoms with Gasteiger partial charge in [0.1, 0.15) is 0 Å². The van der Waals surface area contributed by atoms with E-state index in [0.29, 0.717) is 6.42 Å². The Morgan fingerprint density at radius 1 is 0.786 bits per heavy atom. The Hall–Kier alpha value is -0.870. The number of carbonyl (C=O) groups is 1. The van der Waals surface area contributed by atoms with Crippen LogP contribution in [0.15, 0.2) is 12.2 Å². The van der Waals surface area contributed by atoms with Gasteiger partial charge in [-0.15, -0.1) is 0 Å². The number of allylic oxidation sites excluding steroid dienone is 1. The van der Waals surface area contributed by atoms with E-state index in [1.807, 2.05) is 27.7 Å². The van der Waals surface area contributed by atoms with Crippen LogP contribution in [0.3, 0.4) is 0 Å². The SMILES string of the molecule is CCCCCCCCCCCCC=CCC(OC(C)C)C(OC(C)C)C(=O)O. The maximum atomic E-state index is 11.6. The fourth-order valence-corrected chi connectivity index (χ4v) is 3.30. The molecule has 4 heteroatoms. The smallest absolute Gasteiger partial charge is 0.335 e. The molecular formula is C24H46O4. The molecule has 1 N–H and O–H groups in total. The highest BCUT2D eigenvalue weighted by molar-refractivity contribution is 5.73. The molecule has 2 atom stereocenters. The van der Waals surface area contributed by atoms with E-state index in [1.54, 1.807) is 0 Å². The van der Waals surface area contributed by atoms with Crippen LogP contribution in [0.4, 0.5) is 0 Å². The van der Waals surface area contributed by atoms with Gasteiger partial charge in [-0.2, -0.15) is 0 Å². The van der Waals surface area contributed by atoms with Crippen molar-refractivity contribution < 1.29 is 19.4 Å². The molecule has 0 rings (SSSR count). The van der Waals surface area contributed by atoms with E-state index in [9.17, 15) is 9.90 Å². The fourth-order valence-electron chi connectivity index (χ4n) is 3.30. The first-order valence-corrected chi connectivity index (χ1v) is 11.6. The number of aliphatic carboxylic acids is 1. The van der Waals surface area contributed by atoms with Crippen LogP contribution in [-0.2, 0) is 14.3 Å². The Labute approximate surface area is 174 Å². The minimum atomic E-state index is -0.956. The van der Waals surface area contributed by atoms with Gasteiger partial charge >= 0.3 is 5.97 Å². The van der Waals surface area contributed by atoms with Crippen molar-refractivity contribution in [3.05, 3.63) is 12.2 Å². The second-order valence-corrected chi connectivity index (χ2v) is 8.34. The summed E-state index contributed by atoms with van der Waals surface area (Å²) in [6.07, 6.45) is 17.7. The molecule has 0 aromatic carbocycles. The van der Waals surface area contributed by atoms with Gasteiger partial charge in [-0.05, 0) is 47.0 Å². The number of hydrogen-bond acceptors (Lipinski definition) is 3. The van der Waals surface area contributed by atoms with E-state index < -0.39 is 18.2 Å². The molecule has 0 saturated heterocycles. The number of ether oxygens (including phenoxy) is 2. The summed E-state index contributed by atoms with van der Waals surface area (Å²) < 4.78 is 11.4. The van der Waals surface area contributed by atoms with Crippen molar-refractivity contribution in [2.75, 3.05) is 0 Å². The summed E-state index contributed by atoms with van der Waals surface area (Å²) in [6.45, 7) is 9.81. The van der Waals surface area contributed by atoms with E-state index in [2.05, 4.69) is 19.1 Å². The van der Waals surface area contributed by atoms with Gasteiger partial charge in [0.25, 0.3) is 0 Å². The van der Waals surface area contributed by atoms with Crippen LogP contribution >= 0.6 is 0 Å². The molecule has 28 heavy (non-hydrogen) atoms. The molecule has 0 spiro atoms. The quantitative estimate of drug-likeness (QED) is 0.190. The summed E-state index contributed by atoms with van der Waals surface area (Å²) in [6, 6.07) is 0. The zero-order chi connectivity index (χ0) is 21.2. The number of hydrogen-bond donors (Lipinski definition) is 1. The lowest BCUT2D eigenvalue weighted by atomic mass is 10.1. The van der Waals surface area contributed by atoms with E-state index in [-0.39, 0.29) is 12.2 Å². The van der Waals surface area contributed by atoms with E-state index in [4.69, 9.17) is 9.47 Å². The van der Waals surface area contributed by atoms with Crippen molar-refractivity contribution in [3.63, 3.8) is 0 Å². The van der Waals surface area contributed by atoms with Crippen LogP contribution in [-0.4, -0.2) is 35.5 Å². The minimum Gasteiger partial charge on any atom is -0.479 e. The molecule has 4 nitrogen and oxygen atoms in total. The van der Waals surface area contributed by atoms with E-state index >= 15 is 0 Å². The normalized spacial score (nSPS) is 14.2. The van der Waals surface area contributed by atoms with Crippen LogP contribution in [0.2, 0.25) is 0 Å². The molecule has 0 saturated carbocycles. The maximum Gasteiger partial charge on any atom is 0.335 e. The van der Waals surface area contributed by atoms with E-state index in [1.165, 1.54) is 64.2 Å². The minimum absolute atomic E-state index is 0.0296.